The molecule has 6 nitrogen and oxygen atoms in total. The number of hydrogen-bond donors (Lipinski definition) is 1. The lowest BCUT2D eigenvalue weighted by molar-refractivity contribution is -0.155. The molecule has 5 rings (SSSR count). The average molecular weight is 551 g/mol. The summed E-state index contributed by atoms with van der Waals surface area (Å²) in [5.74, 6) is -1.27. The number of hydrogen-bond acceptors (Lipinski definition) is 4. The second-order valence-electron chi connectivity index (χ2n) is 11.0. The van der Waals surface area contributed by atoms with Gasteiger partial charge in [0.15, 0.2) is 0 Å². The van der Waals surface area contributed by atoms with Gasteiger partial charge in [0.05, 0.1) is 18.4 Å². The maximum Gasteiger partial charge on any atom is 0.309 e. The molecule has 0 aromatic heterocycles. The topological polar surface area (TPSA) is 75.7 Å². The Morgan fingerprint density at radius 1 is 0.854 bits per heavy atom. The minimum absolute atomic E-state index is 0.00803. The number of carbonyl (C=O) groups is 3. The van der Waals surface area contributed by atoms with Gasteiger partial charge >= 0.3 is 5.97 Å². The Bertz CT molecular complexity index is 1350. The highest BCUT2D eigenvalue weighted by Crippen LogP contribution is 2.25. The fraction of sp³-hybridized carbons (Fsp3) is 0.343. The van der Waals surface area contributed by atoms with Gasteiger partial charge in [-0.05, 0) is 54.4 Å². The number of nitrogens with one attached hydrogen (secondary N) is 1. The fourth-order valence-electron chi connectivity index (χ4n) is 5.68. The summed E-state index contributed by atoms with van der Waals surface area (Å²) in [7, 11) is 0. The standard InChI is InChI=1S/C35H38N2O4/c38-33(37-21-20-27-14-10-11-19-31(27)25-37)23-29-17-8-3-9-18-30(22-26-12-4-1-5-13-26)35(40)41-32(24-36-34(29)39)28-15-6-2-7-16-28/h1-8,10-16,19,29-30,32H,9,17-18,20-25H2,(H,36,39)/b8-3-/t29-,30-,32+/m1/s1. The third-order valence-corrected chi connectivity index (χ3v) is 8.09. The first-order valence-corrected chi connectivity index (χ1v) is 14.6. The molecule has 0 spiro atoms. The number of esters is 1. The van der Waals surface area contributed by atoms with Crippen molar-refractivity contribution in [1.82, 2.24) is 10.2 Å². The SMILES string of the molecule is O=C1NC[C@@H](c2ccccc2)OC(=O)[C@@H](Cc2ccccc2)CC/C=C\C[C@@H]1CC(=O)N1CCc2ccccc2C1. The van der Waals surface area contributed by atoms with Crippen LogP contribution in [0.5, 0.6) is 0 Å². The summed E-state index contributed by atoms with van der Waals surface area (Å²) in [6.45, 7) is 1.39. The van der Waals surface area contributed by atoms with Crippen LogP contribution >= 0.6 is 0 Å². The van der Waals surface area contributed by atoms with Gasteiger partial charge in [0.25, 0.3) is 0 Å². The van der Waals surface area contributed by atoms with Crippen LogP contribution < -0.4 is 5.32 Å². The van der Waals surface area contributed by atoms with Crippen molar-refractivity contribution in [2.75, 3.05) is 13.1 Å². The highest BCUT2D eigenvalue weighted by atomic mass is 16.5. The predicted molar refractivity (Wildman–Crippen MR) is 159 cm³/mol. The van der Waals surface area contributed by atoms with E-state index in [1.807, 2.05) is 89.8 Å². The molecule has 0 unspecified atom stereocenters. The van der Waals surface area contributed by atoms with Crippen molar-refractivity contribution in [3.05, 3.63) is 119 Å². The van der Waals surface area contributed by atoms with Crippen LogP contribution in [-0.4, -0.2) is 35.8 Å². The van der Waals surface area contributed by atoms with E-state index in [2.05, 4.69) is 17.4 Å². The second-order valence-corrected chi connectivity index (χ2v) is 11.0. The average Bonchev–Trinajstić information content (AvgIpc) is 3.02. The maximum absolute atomic E-state index is 13.4. The van der Waals surface area contributed by atoms with Gasteiger partial charge in [-0.25, -0.2) is 0 Å². The highest BCUT2D eigenvalue weighted by Gasteiger charge is 2.29. The van der Waals surface area contributed by atoms with Crippen molar-refractivity contribution in [2.45, 2.75) is 51.2 Å². The first-order valence-electron chi connectivity index (χ1n) is 14.6. The van der Waals surface area contributed by atoms with Crippen molar-refractivity contribution in [3.8, 4) is 0 Å². The van der Waals surface area contributed by atoms with Crippen LogP contribution in [0.3, 0.4) is 0 Å². The minimum Gasteiger partial charge on any atom is -0.455 e. The van der Waals surface area contributed by atoms with Crippen LogP contribution in [0.15, 0.2) is 97.1 Å². The Kier molecular flexibility index (Phi) is 9.63. The second kappa shape index (κ2) is 13.9. The van der Waals surface area contributed by atoms with Gasteiger partial charge < -0.3 is 15.0 Å². The number of ether oxygens (including phenoxy) is 1. The lowest BCUT2D eigenvalue weighted by Crippen LogP contribution is -2.40. The third kappa shape index (κ3) is 7.72. The zero-order chi connectivity index (χ0) is 28.4. The Morgan fingerprint density at radius 3 is 2.34 bits per heavy atom. The summed E-state index contributed by atoms with van der Waals surface area (Å²) < 4.78 is 6.08. The zero-order valence-electron chi connectivity index (χ0n) is 23.4. The van der Waals surface area contributed by atoms with E-state index in [4.69, 9.17) is 4.74 Å². The summed E-state index contributed by atoms with van der Waals surface area (Å²) in [5.41, 5.74) is 4.37. The molecule has 3 atom stereocenters. The molecule has 3 aromatic rings. The highest BCUT2D eigenvalue weighted by molar-refractivity contribution is 5.86. The predicted octanol–water partition coefficient (Wildman–Crippen LogP) is 5.58. The van der Waals surface area contributed by atoms with E-state index in [0.29, 0.717) is 38.8 Å². The van der Waals surface area contributed by atoms with Gasteiger partial charge in [-0.1, -0.05) is 97.1 Å². The van der Waals surface area contributed by atoms with Crippen LogP contribution in [0.4, 0.5) is 0 Å². The van der Waals surface area contributed by atoms with E-state index in [9.17, 15) is 14.4 Å². The van der Waals surface area contributed by atoms with Crippen molar-refractivity contribution < 1.29 is 19.1 Å². The number of cyclic esters (lactones) is 1. The molecule has 0 aliphatic carbocycles. The van der Waals surface area contributed by atoms with Gasteiger partial charge in [0.1, 0.15) is 6.10 Å². The van der Waals surface area contributed by atoms with E-state index in [1.54, 1.807) is 0 Å². The number of amides is 2. The molecule has 2 aliphatic heterocycles. The molecule has 6 heteroatoms. The van der Waals surface area contributed by atoms with Crippen molar-refractivity contribution >= 4 is 17.8 Å². The number of fused-ring (bicyclic) bond motifs is 1. The summed E-state index contributed by atoms with van der Waals surface area (Å²) in [4.78, 5) is 42.1. The third-order valence-electron chi connectivity index (χ3n) is 8.09. The number of carbonyl (C=O) groups excluding carboxylic acids is 3. The molecule has 0 saturated heterocycles. The molecule has 2 amide bonds. The van der Waals surface area contributed by atoms with Crippen LogP contribution in [0, 0.1) is 11.8 Å². The first-order chi connectivity index (χ1) is 20.1. The zero-order valence-corrected chi connectivity index (χ0v) is 23.4. The molecule has 2 heterocycles. The fourth-order valence-corrected chi connectivity index (χ4v) is 5.68. The summed E-state index contributed by atoms with van der Waals surface area (Å²) in [6.07, 6.45) is 6.76. The van der Waals surface area contributed by atoms with Crippen LogP contribution in [0.25, 0.3) is 0 Å². The van der Waals surface area contributed by atoms with Gasteiger partial charge in [-0.15, -0.1) is 0 Å². The number of rotatable bonds is 5. The number of nitrogens with zero attached hydrogens (tertiary/aromatic N) is 1. The van der Waals surface area contributed by atoms with E-state index < -0.39 is 12.0 Å². The van der Waals surface area contributed by atoms with Gasteiger partial charge in [0.2, 0.25) is 11.8 Å². The van der Waals surface area contributed by atoms with Crippen molar-refractivity contribution in [3.63, 3.8) is 0 Å². The molecule has 0 bridgehead atoms. The largest absolute Gasteiger partial charge is 0.455 e. The van der Waals surface area contributed by atoms with E-state index in [1.165, 1.54) is 11.1 Å². The number of benzene rings is 3. The normalized spacial score (nSPS) is 22.6. The molecule has 1 N–H and O–H groups in total. The van der Waals surface area contributed by atoms with Crippen molar-refractivity contribution in [1.29, 1.82) is 0 Å². The molecule has 0 fully saturated rings. The molecule has 3 aromatic carbocycles. The lowest BCUT2D eigenvalue weighted by atomic mass is 9.94. The summed E-state index contributed by atoms with van der Waals surface area (Å²) in [6, 6.07) is 27.7. The lowest BCUT2D eigenvalue weighted by Gasteiger charge is -2.30. The molecule has 0 saturated carbocycles. The van der Waals surface area contributed by atoms with Gasteiger partial charge in [0, 0.05) is 19.5 Å². The smallest absolute Gasteiger partial charge is 0.309 e. The Balaban J connectivity index is 1.31. The van der Waals surface area contributed by atoms with E-state index >= 15 is 0 Å². The quantitative estimate of drug-likeness (QED) is 0.333. The molecular formula is C35H38N2O4. The van der Waals surface area contributed by atoms with Gasteiger partial charge in [-0.2, -0.15) is 0 Å². The first kappa shape index (κ1) is 28.3. The van der Waals surface area contributed by atoms with E-state index in [-0.39, 0.29) is 36.7 Å². The molecule has 0 radical (unpaired) electrons. The van der Waals surface area contributed by atoms with Crippen LogP contribution in [0.1, 0.15) is 54.0 Å². The van der Waals surface area contributed by atoms with E-state index in [0.717, 1.165) is 17.5 Å². The molecule has 2 aliphatic rings. The van der Waals surface area contributed by atoms with Crippen LogP contribution in [0.2, 0.25) is 0 Å². The maximum atomic E-state index is 13.4. The summed E-state index contributed by atoms with van der Waals surface area (Å²) >= 11 is 0. The van der Waals surface area contributed by atoms with Gasteiger partial charge in [-0.3, -0.25) is 14.4 Å². The van der Waals surface area contributed by atoms with Crippen LogP contribution in [-0.2, 0) is 38.5 Å². The Morgan fingerprint density at radius 2 is 1.56 bits per heavy atom. The monoisotopic (exact) mass is 550 g/mol. The Hall–Kier alpha value is -4.19. The molecular weight excluding hydrogens is 512 g/mol. The summed E-state index contributed by atoms with van der Waals surface area (Å²) in [5, 5.41) is 3.01. The van der Waals surface area contributed by atoms with Crippen molar-refractivity contribution in [2.24, 2.45) is 11.8 Å². The Labute approximate surface area is 242 Å². The molecule has 212 valence electrons. The number of allylic oxidation sites excluding steroid dienone is 2. The minimum atomic E-state index is -0.616. The molecule has 41 heavy (non-hydrogen) atoms.